The summed E-state index contributed by atoms with van der Waals surface area (Å²) >= 11 is 0. The van der Waals surface area contributed by atoms with E-state index in [0.29, 0.717) is 11.1 Å². The third-order valence-corrected chi connectivity index (χ3v) is 5.11. The van der Waals surface area contributed by atoms with E-state index >= 15 is 0 Å². The second-order valence-corrected chi connectivity index (χ2v) is 8.21. The minimum atomic E-state index is -4.56. The van der Waals surface area contributed by atoms with Crippen LogP contribution in [0.25, 0.3) is 0 Å². The van der Waals surface area contributed by atoms with E-state index in [1.165, 1.54) is 0 Å². The lowest BCUT2D eigenvalue weighted by molar-refractivity contribution is -0.141. The van der Waals surface area contributed by atoms with Crippen molar-refractivity contribution in [2.45, 2.75) is 38.4 Å². The number of pyridine rings is 1. The zero-order valence-electron chi connectivity index (χ0n) is 15.2. The third kappa shape index (κ3) is 6.61. The highest BCUT2D eigenvalue weighted by Gasteiger charge is 2.32. The Morgan fingerprint density at radius 2 is 1.68 bits per heavy atom. The summed E-state index contributed by atoms with van der Waals surface area (Å²) in [5.41, 5.74) is 0.248. The molecule has 1 heterocycles. The summed E-state index contributed by atoms with van der Waals surface area (Å²) in [6.07, 6.45) is -3.69. The highest BCUT2D eigenvalue weighted by Crippen LogP contribution is 2.27. The van der Waals surface area contributed by atoms with Crippen LogP contribution in [0.1, 0.15) is 41.0 Å². The van der Waals surface area contributed by atoms with Crippen LogP contribution in [0, 0.1) is 0 Å². The number of alkyl halides is 3. The fraction of sp³-hybridized carbons (Fsp3) is 0.333. The van der Waals surface area contributed by atoms with Crippen molar-refractivity contribution in [3.63, 3.8) is 0 Å². The first-order chi connectivity index (χ1) is 13.0. The van der Waals surface area contributed by atoms with Crippen molar-refractivity contribution in [2.24, 2.45) is 0 Å². The number of amides is 1. The summed E-state index contributed by atoms with van der Waals surface area (Å²) in [4.78, 5) is 15.3. The van der Waals surface area contributed by atoms with E-state index in [0.717, 1.165) is 18.3 Å². The van der Waals surface area contributed by atoms with Crippen molar-refractivity contribution in [2.75, 3.05) is 0 Å². The Kier molecular flexibility index (Phi) is 6.78. The van der Waals surface area contributed by atoms with Crippen LogP contribution in [0.3, 0.4) is 0 Å². The minimum absolute atomic E-state index is 0.00970. The van der Waals surface area contributed by atoms with Crippen molar-refractivity contribution >= 4 is 15.9 Å². The molecule has 0 saturated carbocycles. The van der Waals surface area contributed by atoms with Gasteiger partial charge < -0.3 is 5.32 Å². The summed E-state index contributed by atoms with van der Waals surface area (Å²) < 4.78 is 63.8. The molecule has 0 bridgehead atoms. The molecule has 2 rings (SSSR count). The van der Waals surface area contributed by atoms with Gasteiger partial charge in [0.25, 0.3) is 5.91 Å². The number of hydrogen-bond donors (Lipinski definition) is 2. The SMILES string of the molecule is CC(C)NS(=O)(=O)Cc1ccc(CNC(=O)c2ccc(C(F)(F)F)nc2)cc1. The lowest BCUT2D eigenvalue weighted by atomic mass is 10.1. The van der Waals surface area contributed by atoms with Crippen LogP contribution in [-0.2, 0) is 28.5 Å². The Balaban J connectivity index is 1.93. The zero-order chi connectivity index (χ0) is 20.9. The van der Waals surface area contributed by atoms with Gasteiger partial charge in [0.15, 0.2) is 0 Å². The van der Waals surface area contributed by atoms with Crippen molar-refractivity contribution in [3.05, 3.63) is 65.0 Å². The summed E-state index contributed by atoms with van der Waals surface area (Å²) in [7, 11) is -3.43. The van der Waals surface area contributed by atoms with Crippen LogP contribution in [0.4, 0.5) is 13.2 Å². The van der Waals surface area contributed by atoms with Gasteiger partial charge in [0.05, 0.1) is 11.3 Å². The Hall–Kier alpha value is -2.46. The molecule has 10 heteroatoms. The quantitative estimate of drug-likeness (QED) is 0.728. The topological polar surface area (TPSA) is 88.2 Å². The molecule has 1 aromatic carbocycles. The molecular formula is C18H20F3N3O3S. The highest BCUT2D eigenvalue weighted by molar-refractivity contribution is 7.88. The molecule has 0 radical (unpaired) electrons. The van der Waals surface area contributed by atoms with Crippen LogP contribution >= 0.6 is 0 Å². The van der Waals surface area contributed by atoms with Gasteiger partial charge in [0.1, 0.15) is 5.69 Å². The van der Waals surface area contributed by atoms with E-state index in [1.54, 1.807) is 38.1 Å². The van der Waals surface area contributed by atoms with E-state index in [9.17, 15) is 26.4 Å². The number of benzene rings is 1. The van der Waals surface area contributed by atoms with Gasteiger partial charge in [0, 0.05) is 18.8 Å². The number of aromatic nitrogens is 1. The summed E-state index contributed by atoms with van der Waals surface area (Å²) in [6, 6.07) is 8.23. The van der Waals surface area contributed by atoms with Crippen molar-refractivity contribution in [1.29, 1.82) is 0 Å². The molecule has 0 saturated heterocycles. The number of carbonyl (C=O) groups excluding carboxylic acids is 1. The predicted molar refractivity (Wildman–Crippen MR) is 97.7 cm³/mol. The maximum atomic E-state index is 12.5. The smallest absolute Gasteiger partial charge is 0.348 e. The second-order valence-electron chi connectivity index (χ2n) is 6.46. The first-order valence-corrected chi connectivity index (χ1v) is 10.0. The van der Waals surface area contributed by atoms with Crippen molar-refractivity contribution in [3.8, 4) is 0 Å². The van der Waals surface area contributed by atoms with Crippen LogP contribution < -0.4 is 10.0 Å². The number of carbonyl (C=O) groups is 1. The van der Waals surface area contributed by atoms with Crippen molar-refractivity contribution in [1.82, 2.24) is 15.0 Å². The van der Waals surface area contributed by atoms with Crippen LogP contribution in [0.5, 0.6) is 0 Å². The maximum absolute atomic E-state index is 12.5. The van der Waals surface area contributed by atoms with E-state index in [1.807, 2.05) is 0 Å². The number of sulfonamides is 1. The predicted octanol–water partition coefficient (Wildman–Crippen LogP) is 2.86. The molecule has 0 aliphatic carbocycles. The molecule has 0 unspecified atom stereocenters. The fourth-order valence-electron chi connectivity index (χ4n) is 2.35. The molecular weight excluding hydrogens is 395 g/mol. The van der Waals surface area contributed by atoms with Gasteiger partial charge in [0.2, 0.25) is 10.0 Å². The molecule has 0 spiro atoms. The Labute approximate surface area is 161 Å². The average molecular weight is 415 g/mol. The molecule has 0 atom stereocenters. The lowest BCUT2D eigenvalue weighted by Crippen LogP contribution is -2.31. The molecule has 2 aromatic rings. The average Bonchev–Trinajstić information content (AvgIpc) is 2.58. The van der Waals surface area contributed by atoms with E-state index in [4.69, 9.17) is 0 Å². The fourth-order valence-corrected chi connectivity index (χ4v) is 3.79. The zero-order valence-corrected chi connectivity index (χ0v) is 16.1. The van der Waals surface area contributed by atoms with Gasteiger partial charge >= 0.3 is 6.18 Å². The standard InChI is InChI=1S/C18H20F3N3O3S/c1-12(2)24-28(26,27)11-14-5-3-13(4-6-14)9-23-17(25)15-7-8-16(22-10-15)18(19,20)21/h3-8,10,12,24H,9,11H2,1-2H3,(H,23,25). The van der Waals surface area contributed by atoms with Gasteiger partial charge in [-0.3, -0.25) is 9.78 Å². The van der Waals surface area contributed by atoms with E-state index < -0.39 is 27.8 Å². The highest BCUT2D eigenvalue weighted by atomic mass is 32.2. The largest absolute Gasteiger partial charge is 0.433 e. The lowest BCUT2D eigenvalue weighted by Gasteiger charge is -2.10. The van der Waals surface area contributed by atoms with E-state index in [2.05, 4.69) is 15.0 Å². The van der Waals surface area contributed by atoms with Gasteiger partial charge in [-0.15, -0.1) is 0 Å². The molecule has 152 valence electrons. The van der Waals surface area contributed by atoms with Crippen LogP contribution in [-0.4, -0.2) is 25.4 Å². The Morgan fingerprint density at radius 1 is 1.07 bits per heavy atom. The molecule has 6 nitrogen and oxygen atoms in total. The van der Waals surface area contributed by atoms with E-state index in [-0.39, 0.29) is 23.9 Å². The number of hydrogen-bond acceptors (Lipinski definition) is 4. The van der Waals surface area contributed by atoms with Crippen LogP contribution in [0.15, 0.2) is 42.6 Å². The molecule has 0 aliphatic heterocycles. The number of nitrogens with one attached hydrogen (secondary N) is 2. The van der Waals surface area contributed by atoms with Gasteiger partial charge in [-0.2, -0.15) is 13.2 Å². The molecule has 0 aliphatic rings. The third-order valence-electron chi connectivity index (χ3n) is 3.56. The number of halogens is 3. The monoisotopic (exact) mass is 415 g/mol. The summed E-state index contributed by atoms with van der Waals surface area (Å²) in [5.74, 6) is -0.719. The molecule has 1 aromatic heterocycles. The Morgan fingerprint density at radius 3 is 2.18 bits per heavy atom. The van der Waals surface area contributed by atoms with Gasteiger partial charge in [-0.1, -0.05) is 24.3 Å². The first kappa shape index (κ1) is 21.8. The normalized spacial score (nSPS) is 12.2. The summed E-state index contributed by atoms with van der Waals surface area (Å²) in [5, 5.41) is 2.58. The molecule has 1 amide bonds. The second kappa shape index (κ2) is 8.70. The van der Waals surface area contributed by atoms with Gasteiger partial charge in [-0.25, -0.2) is 13.1 Å². The van der Waals surface area contributed by atoms with Crippen molar-refractivity contribution < 1.29 is 26.4 Å². The Bertz CT molecular complexity index is 910. The minimum Gasteiger partial charge on any atom is -0.348 e. The number of nitrogens with zero attached hydrogens (tertiary/aromatic N) is 1. The molecule has 2 N–H and O–H groups in total. The summed E-state index contributed by atoms with van der Waals surface area (Å²) in [6.45, 7) is 3.60. The maximum Gasteiger partial charge on any atom is 0.433 e. The van der Waals surface area contributed by atoms with Crippen LogP contribution in [0.2, 0.25) is 0 Å². The van der Waals surface area contributed by atoms with Gasteiger partial charge in [-0.05, 0) is 37.1 Å². The molecule has 0 fully saturated rings. The number of rotatable bonds is 7. The first-order valence-electron chi connectivity index (χ1n) is 8.35. The molecule has 28 heavy (non-hydrogen) atoms.